The van der Waals surface area contributed by atoms with Crippen LogP contribution in [0.4, 0.5) is 15.8 Å². The van der Waals surface area contributed by atoms with Crippen molar-refractivity contribution >= 4 is 40.5 Å². The summed E-state index contributed by atoms with van der Waals surface area (Å²) in [5, 5.41) is 3.22. The fourth-order valence-corrected chi connectivity index (χ4v) is 5.27. The van der Waals surface area contributed by atoms with Gasteiger partial charge < -0.3 is 19.9 Å². The molecule has 2 amide bonds. The van der Waals surface area contributed by atoms with Gasteiger partial charge in [-0.25, -0.2) is 4.39 Å². The summed E-state index contributed by atoms with van der Waals surface area (Å²) in [5.41, 5.74) is 1.13. The van der Waals surface area contributed by atoms with Crippen molar-refractivity contribution in [1.82, 2.24) is 9.80 Å². The van der Waals surface area contributed by atoms with Crippen LogP contribution in [0.15, 0.2) is 48.5 Å². The second-order valence-electron chi connectivity index (χ2n) is 9.73. The maximum atomic E-state index is 13.5. The maximum Gasteiger partial charge on any atom is 0.256 e. The molecule has 0 spiro atoms. The number of rotatable bonds is 10. The van der Waals surface area contributed by atoms with Crippen LogP contribution in [0, 0.1) is 11.7 Å². The molecule has 1 atom stereocenters. The first-order valence-electron chi connectivity index (χ1n) is 13.0. The van der Waals surface area contributed by atoms with Crippen LogP contribution in [0.5, 0.6) is 5.75 Å². The number of carbonyl (C=O) groups is 2. The number of carbonyl (C=O) groups excluding carboxylic acids is 2. The molecule has 7 nitrogen and oxygen atoms in total. The lowest BCUT2D eigenvalue weighted by Crippen LogP contribution is -2.40. The number of hydrogen-bond acceptors (Lipinski definition) is 5. The van der Waals surface area contributed by atoms with E-state index >= 15 is 0 Å². The molecule has 2 aliphatic rings. The average Bonchev–Trinajstić information content (AvgIpc) is 3.11. The van der Waals surface area contributed by atoms with Crippen molar-refractivity contribution in [1.29, 1.82) is 0 Å². The number of amides is 2. The van der Waals surface area contributed by atoms with Gasteiger partial charge in [-0.15, -0.1) is 0 Å². The van der Waals surface area contributed by atoms with E-state index in [2.05, 4.69) is 17.1 Å². The first-order valence-corrected chi connectivity index (χ1v) is 13.4. The second-order valence-corrected chi connectivity index (χ2v) is 10.1. The second kappa shape index (κ2) is 12.5. The lowest BCUT2D eigenvalue weighted by Gasteiger charge is -2.31. The smallest absolute Gasteiger partial charge is 0.256 e. The third-order valence-corrected chi connectivity index (χ3v) is 7.40. The number of ether oxygens (including phenoxy) is 1. The van der Waals surface area contributed by atoms with Gasteiger partial charge in [0.25, 0.3) is 5.91 Å². The summed E-state index contributed by atoms with van der Waals surface area (Å²) < 4.78 is 19.0. The van der Waals surface area contributed by atoms with Crippen molar-refractivity contribution in [2.75, 3.05) is 43.0 Å². The molecular formula is C28H35FN4O3S. The topological polar surface area (TPSA) is 65.1 Å². The summed E-state index contributed by atoms with van der Waals surface area (Å²) in [6.07, 6.45) is 3.20. The van der Waals surface area contributed by atoms with E-state index in [0.717, 1.165) is 37.7 Å². The number of hydrogen-bond donors (Lipinski definition) is 1. The van der Waals surface area contributed by atoms with E-state index < -0.39 is 6.04 Å². The van der Waals surface area contributed by atoms with Crippen LogP contribution in [-0.2, 0) is 9.59 Å². The van der Waals surface area contributed by atoms with Crippen molar-refractivity contribution < 1.29 is 18.7 Å². The Kier molecular flexibility index (Phi) is 9.10. The highest BCUT2D eigenvalue weighted by molar-refractivity contribution is 7.80. The highest BCUT2D eigenvalue weighted by Crippen LogP contribution is 2.28. The predicted octanol–water partition coefficient (Wildman–Crippen LogP) is 4.68. The Hall–Kier alpha value is -3.04. The first-order chi connectivity index (χ1) is 17.9. The predicted molar refractivity (Wildman–Crippen MR) is 147 cm³/mol. The maximum absolute atomic E-state index is 13.5. The lowest BCUT2D eigenvalue weighted by atomic mass is 9.99. The van der Waals surface area contributed by atoms with Crippen LogP contribution >= 0.6 is 12.2 Å². The normalized spacial score (nSPS) is 18.9. The molecule has 1 N–H and O–H groups in total. The van der Waals surface area contributed by atoms with Crippen LogP contribution in [0.25, 0.3) is 0 Å². The Morgan fingerprint density at radius 3 is 2.41 bits per heavy atom. The molecule has 37 heavy (non-hydrogen) atoms. The number of piperidine rings is 1. The van der Waals surface area contributed by atoms with E-state index in [0.29, 0.717) is 29.6 Å². The van der Waals surface area contributed by atoms with Gasteiger partial charge in [0, 0.05) is 12.2 Å². The molecule has 2 aromatic rings. The Bertz CT molecular complexity index is 1090. The number of halogens is 1. The molecule has 0 saturated carbocycles. The summed E-state index contributed by atoms with van der Waals surface area (Å²) in [7, 11) is 0. The van der Waals surface area contributed by atoms with Gasteiger partial charge in [-0.3, -0.25) is 14.5 Å². The standard InChI is InChI=1S/C28H35FN4O3S/c1-3-36-24-11-7-22(8-12-24)30-26(34)19-25-27(35)33(23-9-5-21(29)6-10-23)28(37)32(25)16-4-15-31-17-13-20(2)14-18-31/h5-12,20,25H,3-4,13-19H2,1-2H3,(H,30,34). The van der Waals surface area contributed by atoms with Gasteiger partial charge in [-0.1, -0.05) is 6.92 Å². The molecule has 2 saturated heterocycles. The number of nitrogens with zero attached hydrogens (tertiary/aromatic N) is 3. The first kappa shape index (κ1) is 27.0. The fourth-order valence-electron chi connectivity index (χ4n) is 4.85. The summed E-state index contributed by atoms with van der Waals surface area (Å²) in [4.78, 5) is 32.2. The number of anilines is 2. The van der Waals surface area contributed by atoms with Crippen molar-refractivity contribution in [3.05, 3.63) is 54.3 Å². The van der Waals surface area contributed by atoms with Gasteiger partial charge >= 0.3 is 0 Å². The Balaban J connectivity index is 1.44. The van der Waals surface area contributed by atoms with Gasteiger partial charge in [0.05, 0.1) is 18.7 Å². The van der Waals surface area contributed by atoms with Crippen LogP contribution in [0.3, 0.4) is 0 Å². The molecule has 2 fully saturated rings. The largest absolute Gasteiger partial charge is 0.494 e. The quantitative estimate of drug-likeness (QED) is 0.454. The Morgan fingerprint density at radius 1 is 1.08 bits per heavy atom. The van der Waals surface area contributed by atoms with Gasteiger partial charge in [0.1, 0.15) is 17.6 Å². The van der Waals surface area contributed by atoms with Crippen molar-refractivity contribution in [3.63, 3.8) is 0 Å². The summed E-state index contributed by atoms with van der Waals surface area (Å²) in [5.74, 6) is 0.551. The number of nitrogens with one attached hydrogen (secondary N) is 1. The van der Waals surface area contributed by atoms with Gasteiger partial charge in [0.2, 0.25) is 5.91 Å². The SMILES string of the molecule is CCOc1ccc(NC(=O)CC2C(=O)N(c3ccc(F)cc3)C(=S)N2CCCN2CCC(C)CC2)cc1. The molecule has 2 aromatic carbocycles. The van der Waals surface area contributed by atoms with E-state index in [4.69, 9.17) is 17.0 Å². The van der Waals surface area contributed by atoms with Gasteiger partial charge in [-0.05, 0) is 112 Å². The zero-order valence-electron chi connectivity index (χ0n) is 21.5. The average molecular weight is 527 g/mol. The van der Waals surface area contributed by atoms with E-state index in [9.17, 15) is 14.0 Å². The highest BCUT2D eigenvalue weighted by Gasteiger charge is 2.43. The fraction of sp³-hybridized carbons (Fsp3) is 0.464. The molecular weight excluding hydrogens is 491 g/mol. The summed E-state index contributed by atoms with van der Waals surface area (Å²) in [6, 6.07) is 12.1. The molecule has 0 aliphatic carbocycles. The third kappa shape index (κ3) is 6.84. The summed E-state index contributed by atoms with van der Waals surface area (Å²) in [6.45, 7) is 8.41. The number of thiocarbonyl (C=S) groups is 1. The molecule has 0 bridgehead atoms. The Morgan fingerprint density at radius 2 is 1.76 bits per heavy atom. The minimum absolute atomic E-state index is 0.0366. The van der Waals surface area contributed by atoms with E-state index in [-0.39, 0.29) is 24.1 Å². The molecule has 0 radical (unpaired) electrons. The third-order valence-electron chi connectivity index (χ3n) is 6.98. The molecule has 2 aliphatic heterocycles. The molecule has 198 valence electrons. The highest BCUT2D eigenvalue weighted by atomic mass is 32.1. The van der Waals surface area contributed by atoms with Crippen LogP contribution in [0.1, 0.15) is 39.5 Å². The van der Waals surface area contributed by atoms with Gasteiger partial charge in [-0.2, -0.15) is 0 Å². The molecule has 0 aromatic heterocycles. The van der Waals surface area contributed by atoms with Crippen molar-refractivity contribution in [3.8, 4) is 5.75 Å². The number of benzene rings is 2. The van der Waals surface area contributed by atoms with Crippen LogP contribution < -0.4 is 15.0 Å². The zero-order chi connectivity index (χ0) is 26.4. The van der Waals surface area contributed by atoms with E-state index in [1.165, 1.54) is 42.0 Å². The molecule has 2 heterocycles. The zero-order valence-corrected chi connectivity index (χ0v) is 22.3. The number of likely N-dealkylation sites (tertiary alicyclic amines) is 1. The molecule has 9 heteroatoms. The minimum atomic E-state index is -0.721. The monoisotopic (exact) mass is 526 g/mol. The molecule has 4 rings (SSSR count). The van der Waals surface area contributed by atoms with Crippen LogP contribution in [-0.4, -0.2) is 65.6 Å². The van der Waals surface area contributed by atoms with E-state index in [1.807, 2.05) is 11.8 Å². The minimum Gasteiger partial charge on any atom is -0.494 e. The van der Waals surface area contributed by atoms with Gasteiger partial charge in [0.15, 0.2) is 5.11 Å². The van der Waals surface area contributed by atoms with Crippen molar-refractivity contribution in [2.45, 2.75) is 45.6 Å². The van der Waals surface area contributed by atoms with E-state index in [1.54, 1.807) is 24.3 Å². The lowest BCUT2D eigenvalue weighted by molar-refractivity contribution is -0.124. The van der Waals surface area contributed by atoms with Crippen LogP contribution in [0.2, 0.25) is 0 Å². The Labute approximate surface area is 223 Å². The van der Waals surface area contributed by atoms with Crippen molar-refractivity contribution in [2.24, 2.45) is 5.92 Å². The molecule has 1 unspecified atom stereocenters. The summed E-state index contributed by atoms with van der Waals surface area (Å²) >= 11 is 5.72.